The minimum Gasteiger partial charge on any atom is -0.489 e. The number of piperidine rings is 1. The molecule has 3 aliphatic rings. The zero-order chi connectivity index (χ0) is 26.4. The van der Waals surface area contributed by atoms with Crippen LogP contribution in [0.5, 0.6) is 5.75 Å². The van der Waals surface area contributed by atoms with Crippen LogP contribution in [0.1, 0.15) is 37.2 Å². The first-order chi connectivity index (χ1) is 18.3. The second kappa shape index (κ2) is 9.35. The van der Waals surface area contributed by atoms with E-state index in [0.717, 1.165) is 48.0 Å². The summed E-state index contributed by atoms with van der Waals surface area (Å²) in [5.74, 6) is 1.50. The second-order valence-electron chi connectivity index (χ2n) is 10.8. The van der Waals surface area contributed by atoms with Gasteiger partial charge in [0.2, 0.25) is 0 Å². The molecule has 194 valence electrons. The van der Waals surface area contributed by atoms with Crippen LogP contribution in [0, 0.1) is 18.3 Å². The van der Waals surface area contributed by atoms with Gasteiger partial charge in [0.15, 0.2) is 0 Å². The van der Waals surface area contributed by atoms with Gasteiger partial charge in [0, 0.05) is 49.0 Å². The molecule has 2 bridgehead atoms. The number of aromatic nitrogens is 5. The minimum atomic E-state index is -0.974. The summed E-state index contributed by atoms with van der Waals surface area (Å²) in [6.45, 7) is 8.15. The molecule has 0 saturated carbocycles. The first-order valence-electron chi connectivity index (χ1n) is 12.8. The van der Waals surface area contributed by atoms with Crippen LogP contribution in [0.2, 0.25) is 0 Å². The maximum absolute atomic E-state index is 10.1. The summed E-state index contributed by atoms with van der Waals surface area (Å²) in [7, 11) is 0. The fourth-order valence-corrected chi connectivity index (χ4v) is 5.30. The maximum Gasteiger partial charge on any atom is 0.138 e. The lowest BCUT2D eigenvalue weighted by molar-refractivity contribution is -0.00988. The molecule has 0 radical (unpaired) electrons. The number of pyridine rings is 2. The normalized spacial score (nSPS) is 19.3. The Balaban J connectivity index is 1.21. The van der Waals surface area contributed by atoms with Crippen molar-refractivity contribution >= 4 is 11.3 Å². The standard InChI is InChI=1S/C28H30N8O2/c1-18-4-6-21(33-32-18)13-35-22-8-23(35)15-34(14-22)26-7-5-19(11-30-26)25-9-24(38-17-28(2,3)37)16-36-27(25)20(10-29)12-31-36/h4-7,9,11-12,16,22-23,37H,8,13-15,17H2,1-3H3. The molecule has 10 heteroatoms. The molecule has 3 aliphatic heterocycles. The Kier molecular flexibility index (Phi) is 5.97. The predicted octanol–water partition coefficient (Wildman–Crippen LogP) is 2.98. The van der Waals surface area contributed by atoms with E-state index in [-0.39, 0.29) is 6.61 Å². The number of nitriles is 1. The van der Waals surface area contributed by atoms with Crippen LogP contribution in [-0.2, 0) is 6.54 Å². The van der Waals surface area contributed by atoms with Crippen molar-refractivity contribution in [2.24, 2.45) is 0 Å². The molecule has 3 fully saturated rings. The Morgan fingerprint density at radius 1 is 1.13 bits per heavy atom. The van der Waals surface area contributed by atoms with Crippen LogP contribution in [0.25, 0.3) is 16.6 Å². The lowest BCUT2D eigenvalue weighted by Crippen LogP contribution is -2.68. The van der Waals surface area contributed by atoms with Gasteiger partial charge in [-0.15, -0.1) is 0 Å². The lowest BCUT2D eigenvalue weighted by Gasteiger charge is -2.56. The van der Waals surface area contributed by atoms with Gasteiger partial charge in [-0.1, -0.05) is 0 Å². The van der Waals surface area contributed by atoms with Gasteiger partial charge in [-0.05, 0) is 57.5 Å². The number of piperazine rings is 1. The zero-order valence-corrected chi connectivity index (χ0v) is 21.7. The van der Waals surface area contributed by atoms with Crippen molar-refractivity contribution in [1.82, 2.24) is 29.7 Å². The van der Waals surface area contributed by atoms with Gasteiger partial charge in [-0.3, -0.25) is 4.90 Å². The number of hydrogen-bond donors (Lipinski definition) is 1. The van der Waals surface area contributed by atoms with Gasteiger partial charge < -0.3 is 14.7 Å². The maximum atomic E-state index is 10.1. The third-order valence-electron chi connectivity index (χ3n) is 7.22. The van der Waals surface area contributed by atoms with Crippen LogP contribution < -0.4 is 9.64 Å². The number of rotatable bonds is 7. The van der Waals surface area contributed by atoms with Crippen molar-refractivity contribution in [2.45, 2.75) is 51.4 Å². The Morgan fingerprint density at radius 3 is 2.61 bits per heavy atom. The molecular weight excluding hydrogens is 480 g/mol. The highest BCUT2D eigenvalue weighted by atomic mass is 16.5. The van der Waals surface area contributed by atoms with Crippen molar-refractivity contribution < 1.29 is 9.84 Å². The minimum absolute atomic E-state index is 0.131. The molecular formula is C28H30N8O2. The number of anilines is 1. The molecule has 38 heavy (non-hydrogen) atoms. The summed E-state index contributed by atoms with van der Waals surface area (Å²) in [5, 5.41) is 32.6. The predicted molar refractivity (Wildman–Crippen MR) is 142 cm³/mol. The van der Waals surface area contributed by atoms with E-state index in [0.29, 0.717) is 28.9 Å². The summed E-state index contributed by atoms with van der Waals surface area (Å²) < 4.78 is 7.49. The van der Waals surface area contributed by atoms with E-state index in [2.05, 4.69) is 37.2 Å². The molecule has 0 spiro atoms. The molecule has 10 nitrogen and oxygen atoms in total. The molecule has 4 aromatic rings. The summed E-state index contributed by atoms with van der Waals surface area (Å²) in [4.78, 5) is 9.67. The zero-order valence-electron chi connectivity index (χ0n) is 21.7. The van der Waals surface area contributed by atoms with Crippen LogP contribution in [0.3, 0.4) is 0 Å². The Morgan fingerprint density at radius 2 is 1.95 bits per heavy atom. The van der Waals surface area contributed by atoms with E-state index >= 15 is 0 Å². The van der Waals surface area contributed by atoms with Crippen LogP contribution >= 0.6 is 0 Å². The quantitative estimate of drug-likeness (QED) is 0.401. The van der Waals surface area contributed by atoms with Crippen molar-refractivity contribution in [2.75, 3.05) is 24.6 Å². The molecule has 0 aliphatic carbocycles. The van der Waals surface area contributed by atoms with E-state index in [4.69, 9.17) is 9.72 Å². The van der Waals surface area contributed by atoms with E-state index in [1.165, 1.54) is 6.42 Å². The summed E-state index contributed by atoms with van der Waals surface area (Å²) in [5.41, 5.74) is 3.82. The number of fused-ring (bicyclic) bond motifs is 3. The fourth-order valence-electron chi connectivity index (χ4n) is 5.30. The topological polar surface area (TPSA) is 116 Å². The Bertz CT molecular complexity index is 1490. The molecule has 0 aromatic carbocycles. The van der Waals surface area contributed by atoms with Crippen molar-refractivity contribution in [3.05, 3.63) is 65.9 Å². The third-order valence-corrected chi connectivity index (χ3v) is 7.22. The van der Waals surface area contributed by atoms with Gasteiger partial charge in [0.05, 0.1) is 40.5 Å². The molecule has 2 unspecified atom stereocenters. The van der Waals surface area contributed by atoms with Crippen molar-refractivity contribution in [3.8, 4) is 22.9 Å². The van der Waals surface area contributed by atoms with Gasteiger partial charge in [-0.25, -0.2) is 9.50 Å². The lowest BCUT2D eigenvalue weighted by atomic mass is 9.87. The molecule has 0 amide bonds. The number of aryl methyl sites for hydroxylation is 1. The summed E-state index contributed by atoms with van der Waals surface area (Å²) >= 11 is 0. The fraction of sp³-hybridized carbons (Fsp3) is 0.393. The molecule has 7 rings (SSSR count). The van der Waals surface area contributed by atoms with Crippen LogP contribution in [0.15, 0.2) is 48.9 Å². The molecule has 4 aromatic heterocycles. The number of hydrogen-bond acceptors (Lipinski definition) is 9. The first-order valence-corrected chi connectivity index (χ1v) is 12.8. The highest BCUT2D eigenvalue weighted by Gasteiger charge is 2.44. The van der Waals surface area contributed by atoms with Gasteiger partial charge in [0.1, 0.15) is 24.2 Å². The van der Waals surface area contributed by atoms with Crippen molar-refractivity contribution in [1.29, 1.82) is 5.26 Å². The number of aliphatic hydroxyl groups is 1. The highest BCUT2D eigenvalue weighted by molar-refractivity contribution is 5.85. The van der Waals surface area contributed by atoms with Crippen LogP contribution in [0.4, 0.5) is 5.82 Å². The van der Waals surface area contributed by atoms with E-state index in [1.54, 1.807) is 30.8 Å². The monoisotopic (exact) mass is 510 g/mol. The van der Waals surface area contributed by atoms with Gasteiger partial charge in [0.25, 0.3) is 0 Å². The van der Waals surface area contributed by atoms with Gasteiger partial charge in [-0.2, -0.15) is 20.6 Å². The second-order valence-corrected chi connectivity index (χ2v) is 10.8. The Labute approximate surface area is 221 Å². The van der Waals surface area contributed by atoms with E-state index in [9.17, 15) is 10.4 Å². The molecule has 1 N–H and O–H groups in total. The third kappa shape index (κ3) is 4.66. The summed E-state index contributed by atoms with van der Waals surface area (Å²) in [6.07, 6.45) is 6.31. The average Bonchev–Trinajstić information content (AvgIpc) is 3.34. The van der Waals surface area contributed by atoms with E-state index < -0.39 is 5.60 Å². The largest absolute Gasteiger partial charge is 0.489 e. The number of nitrogens with zero attached hydrogens (tertiary/aromatic N) is 8. The molecule has 3 saturated heterocycles. The first kappa shape index (κ1) is 24.3. The van der Waals surface area contributed by atoms with Gasteiger partial charge >= 0.3 is 0 Å². The van der Waals surface area contributed by atoms with E-state index in [1.807, 2.05) is 37.4 Å². The summed E-state index contributed by atoms with van der Waals surface area (Å²) in [6, 6.07) is 13.2. The van der Waals surface area contributed by atoms with Crippen molar-refractivity contribution in [3.63, 3.8) is 0 Å². The van der Waals surface area contributed by atoms with Crippen LogP contribution in [-0.4, -0.2) is 72.2 Å². The SMILES string of the molecule is Cc1ccc(CN2C3CC2CN(c2ccc(-c4cc(OCC(C)(C)O)cn5ncc(C#N)c45)cn2)C3)nn1. The molecule has 7 heterocycles. The number of ether oxygens (including phenoxy) is 1. The smallest absolute Gasteiger partial charge is 0.138 e. The highest BCUT2D eigenvalue weighted by Crippen LogP contribution is 2.36. The average molecular weight is 511 g/mol. The Hall–Kier alpha value is -4.07. The molecule has 2 atom stereocenters.